The summed E-state index contributed by atoms with van der Waals surface area (Å²) in [7, 11) is -0.236. The summed E-state index contributed by atoms with van der Waals surface area (Å²) >= 11 is 0. The molecule has 0 atom stereocenters. The van der Waals surface area contributed by atoms with Gasteiger partial charge in [-0.25, -0.2) is 4.79 Å². The second kappa shape index (κ2) is 9.57. The minimum Gasteiger partial charge on any atom is -0.495 e. The average molecular weight is 508 g/mol. The van der Waals surface area contributed by atoms with Gasteiger partial charge in [-0.1, -0.05) is 32.6 Å². The molecule has 1 aliphatic carbocycles. The predicted molar refractivity (Wildman–Crippen MR) is 144 cm³/mol. The monoisotopic (exact) mass is 507 g/mol. The molecule has 1 aromatic heterocycles. The van der Waals surface area contributed by atoms with Crippen LogP contribution in [0.2, 0.25) is 18.1 Å². The van der Waals surface area contributed by atoms with Crippen molar-refractivity contribution in [2.45, 2.75) is 77.0 Å². The molecule has 0 unspecified atom stereocenters. The van der Waals surface area contributed by atoms with Gasteiger partial charge in [0.1, 0.15) is 11.3 Å². The average Bonchev–Trinajstić information content (AvgIpc) is 2.78. The Bertz CT molecular complexity index is 1300. The number of ether oxygens (including phenoxy) is 2. The topological polar surface area (TPSA) is 66.8 Å². The first-order valence-corrected chi connectivity index (χ1v) is 15.6. The van der Waals surface area contributed by atoms with E-state index in [1.807, 2.05) is 6.07 Å². The SMILES string of the molecule is CCOC(=O)c1cn2c(cc1=O)-c1cc(OC)c(C#CCO[Si](C)(C)C(C)(C)C)cc1CC21CCC1. The highest BCUT2D eigenvalue weighted by Crippen LogP contribution is 2.49. The summed E-state index contributed by atoms with van der Waals surface area (Å²) in [6, 6.07) is 5.64. The summed E-state index contributed by atoms with van der Waals surface area (Å²) in [6.07, 6.45) is 5.63. The smallest absolute Gasteiger partial charge is 0.343 e. The fourth-order valence-corrected chi connectivity index (χ4v) is 5.64. The number of pyridine rings is 1. The number of methoxy groups -OCH3 is 1. The highest BCUT2D eigenvalue weighted by atomic mass is 28.4. The highest BCUT2D eigenvalue weighted by Gasteiger charge is 2.44. The van der Waals surface area contributed by atoms with E-state index in [1.165, 1.54) is 0 Å². The third-order valence-corrected chi connectivity index (χ3v) is 12.6. The molecule has 0 amide bonds. The largest absolute Gasteiger partial charge is 0.495 e. The first-order valence-electron chi connectivity index (χ1n) is 12.7. The van der Waals surface area contributed by atoms with Crippen molar-refractivity contribution in [3.05, 3.63) is 51.3 Å². The summed E-state index contributed by atoms with van der Waals surface area (Å²) in [6.45, 7) is 13.4. The number of fused-ring (bicyclic) bond motifs is 4. The van der Waals surface area contributed by atoms with Gasteiger partial charge in [0.25, 0.3) is 0 Å². The van der Waals surface area contributed by atoms with Crippen LogP contribution in [-0.2, 0) is 21.1 Å². The second-order valence-corrected chi connectivity index (χ2v) is 16.2. The zero-order chi connectivity index (χ0) is 26.3. The molecule has 2 aromatic rings. The van der Waals surface area contributed by atoms with Crippen LogP contribution in [-0.4, -0.2) is 39.2 Å². The number of rotatable bonds is 5. The molecule has 0 N–H and O–H groups in total. The summed E-state index contributed by atoms with van der Waals surface area (Å²) in [5.74, 6) is 6.55. The second-order valence-electron chi connectivity index (χ2n) is 11.3. The molecule has 1 saturated carbocycles. The molecule has 1 spiro atoms. The normalized spacial score (nSPS) is 15.8. The summed E-state index contributed by atoms with van der Waals surface area (Å²) in [5.41, 5.74) is 3.35. The first-order chi connectivity index (χ1) is 16.9. The van der Waals surface area contributed by atoms with Crippen LogP contribution in [0.3, 0.4) is 0 Å². The lowest BCUT2D eigenvalue weighted by Crippen LogP contribution is -2.46. The van der Waals surface area contributed by atoms with Crippen molar-refractivity contribution in [2.24, 2.45) is 0 Å². The molecule has 6 nitrogen and oxygen atoms in total. The predicted octanol–water partition coefficient (Wildman–Crippen LogP) is 5.51. The number of hydrogen-bond acceptors (Lipinski definition) is 5. The van der Waals surface area contributed by atoms with E-state index in [9.17, 15) is 9.59 Å². The van der Waals surface area contributed by atoms with Gasteiger partial charge in [-0.2, -0.15) is 0 Å². The van der Waals surface area contributed by atoms with Crippen molar-refractivity contribution in [1.82, 2.24) is 4.57 Å². The van der Waals surface area contributed by atoms with Crippen LogP contribution in [0, 0.1) is 11.8 Å². The Balaban J connectivity index is 1.73. The lowest BCUT2D eigenvalue weighted by atomic mass is 9.69. The van der Waals surface area contributed by atoms with E-state index < -0.39 is 14.3 Å². The van der Waals surface area contributed by atoms with Gasteiger partial charge in [0.2, 0.25) is 0 Å². The summed E-state index contributed by atoms with van der Waals surface area (Å²) in [4.78, 5) is 25.3. The Kier molecular flexibility index (Phi) is 6.97. The number of hydrogen-bond donors (Lipinski definition) is 0. The Hall–Kier alpha value is -2.82. The first kappa shape index (κ1) is 26.2. The number of nitrogens with zero attached hydrogens (tertiary/aromatic N) is 1. The van der Waals surface area contributed by atoms with Gasteiger partial charge in [0, 0.05) is 23.4 Å². The van der Waals surface area contributed by atoms with E-state index >= 15 is 0 Å². The van der Waals surface area contributed by atoms with E-state index in [0.29, 0.717) is 12.4 Å². The van der Waals surface area contributed by atoms with E-state index in [1.54, 1.807) is 26.3 Å². The Morgan fingerprint density at radius 1 is 1.19 bits per heavy atom. The van der Waals surface area contributed by atoms with Crippen LogP contribution in [0.15, 0.2) is 29.2 Å². The Morgan fingerprint density at radius 2 is 1.92 bits per heavy atom. The van der Waals surface area contributed by atoms with Crippen LogP contribution >= 0.6 is 0 Å². The molecule has 192 valence electrons. The fraction of sp³-hybridized carbons (Fsp3) is 0.517. The zero-order valence-corrected chi connectivity index (χ0v) is 23.5. The van der Waals surface area contributed by atoms with Gasteiger partial charge in [0.15, 0.2) is 13.7 Å². The van der Waals surface area contributed by atoms with Gasteiger partial charge in [0.05, 0.1) is 31.6 Å². The molecule has 1 aromatic carbocycles. The summed E-state index contributed by atoms with van der Waals surface area (Å²) in [5, 5.41) is 0.133. The Morgan fingerprint density at radius 3 is 2.50 bits per heavy atom. The highest BCUT2D eigenvalue weighted by molar-refractivity contribution is 6.74. The van der Waals surface area contributed by atoms with Gasteiger partial charge >= 0.3 is 5.97 Å². The van der Waals surface area contributed by atoms with Crippen molar-refractivity contribution in [2.75, 3.05) is 20.3 Å². The molecule has 2 aliphatic rings. The van der Waals surface area contributed by atoms with Crippen molar-refractivity contribution >= 4 is 14.3 Å². The van der Waals surface area contributed by atoms with E-state index in [4.69, 9.17) is 13.9 Å². The van der Waals surface area contributed by atoms with Crippen LogP contribution in [0.4, 0.5) is 0 Å². The number of benzene rings is 1. The van der Waals surface area contributed by atoms with E-state index in [-0.39, 0.29) is 28.2 Å². The van der Waals surface area contributed by atoms with Crippen molar-refractivity contribution in [3.63, 3.8) is 0 Å². The van der Waals surface area contributed by atoms with Crippen LogP contribution in [0.5, 0.6) is 5.75 Å². The molecular weight excluding hydrogens is 470 g/mol. The maximum absolute atomic E-state index is 12.9. The molecule has 36 heavy (non-hydrogen) atoms. The quantitative estimate of drug-likeness (QED) is 0.303. The molecule has 0 radical (unpaired) electrons. The van der Waals surface area contributed by atoms with Crippen LogP contribution < -0.4 is 10.2 Å². The van der Waals surface area contributed by atoms with Crippen molar-refractivity contribution in [1.29, 1.82) is 0 Å². The van der Waals surface area contributed by atoms with Gasteiger partial charge in [-0.15, -0.1) is 0 Å². The maximum Gasteiger partial charge on any atom is 0.343 e. The molecule has 2 heterocycles. The number of carbonyl (C=O) groups excluding carboxylic acids is 1. The van der Waals surface area contributed by atoms with Crippen LogP contribution in [0.25, 0.3) is 11.3 Å². The minimum atomic E-state index is -1.87. The lowest BCUT2D eigenvalue weighted by Gasteiger charge is -2.48. The lowest BCUT2D eigenvalue weighted by molar-refractivity contribution is 0.0521. The molecule has 1 fully saturated rings. The van der Waals surface area contributed by atoms with Gasteiger partial charge < -0.3 is 18.5 Å². The molecular formula is C29H37NO5Si. The third kappa shape index (κ3) is 4.65. The molecule has 7 heteroatoms. The standard InChI is InChI=1S/C29H37NO5Si/c1-8-34-27(32)23-19-30-24(17-25(23)31)22-16-26(33-5)20(15-21(22)18-29(30)12-10-13-29)11-9-14-35-36(6,7)28(2,3)4/h15-17,19H,8,10,12-14,18H2,1-7H3. The third-order valence-electron chi connectivity index (χ3n) is 8.10. The maximum atomic E-state index is 12.9. The number of carbonyl (C=O) groups is 1. The Labute approximate surface area is 215 Å². The summed E-state index contributed by atoms with van der Waals surface area (Å²) < 4.78 is 19.2. The van der Waals surface area contributed by atoms with E-state index in [0.717, 1.165) is 48.1 Å². The van der Waals surface area contributed by atoms with Gasteiger partial charge in [-0.05, 0) is 68.4 Å². The number of esters is 1. The van der Waals surface area contributed by atoms with E-state index in [2.05, 4.69) is 56.3 Å². The minimum absolute atomic E-state index is 0.0894. The number of aromatic nitrogens is 1. The van der Waals surface area contributed by atoms with Crippen molar-refractivity contribution < 1.29 is 18.7 Å². The fourth-order valence-electron chi connectivity index (χ4n) is 4.78. The molecule has 1 aliphatic heterocycles. The van der Waals surface area contributed by atoms with Crippen molar-refractivity contribution in [3.8, 4) is 28.8 Å². The molecule has 0 bridgehead atoms. The molecule has 0 saturated heterocycles. The van der Waals surface area contributed by atoms with Gasteiger partial charge in [-0.3, -0.25) is 4.79 Å². The molecule has 4 rings (SSSR count). The zero-order valence-electron chi connectivity index (χ0n) is 22.5. The van der Waals surface area contributed by atoms with Crippen LogP contribution in [0.1, 0.15) is 68.4 Å².